The number of nitrogens with two attached hydrogens (primary N) is 1. The quantitative estimate of drug-likeness (QED) is 0.322. The third-order valence-corrected chi connectivity index (χ3v) is 6.46. The molecule has 25 heavy (non-hydrogen) atoms. The molecule has 8 heteroatoms. The highest BCUT2D eigenvalue weighted by Gasteiger charge is 2.42. The largest absolute Gasteiger partial charge is 0.369 e. The SMILES string of the molecule is C[C@@H](CCCCNC(=O)CCCCC1SC[C@H]2NC(=O)N[C@@H]12)C(N)=O. The maximum atomic E-state index is 11.8. The van der Waals surface area contributed by atoms with E-state index in [4.69, 9.17) is 5.73 Å². The highest BCUT2D eigenvalue weighted by Crippen LogP contribution is 2.33. The summed E-state index contributed by atoms with van der Waals surface area (Å²) in [5.74, 6) is 0.714. The smallest absolute Gasteiger partial charge is 0.315 e. The van der Waals surface area contributed by atoms with Crippen molar-refractivity contribution in [2.24, 2.45) is 11.7 Å². The number of amides is 4. The highest BCUT2D eigenvalue weighted by molar-refractivity contribution is 8.00. The van der Waals surface area contributed by atoms with E-state index in [0.29, 0.717) is 18.2 Å². The van der Waals surface area contributed by atoms with Crippen molar-refractivity contribution >= 4 is 29.6 Å². The Kier molecular flexibility index (Phi) is 7.87. The summed E-state index contributed by atoms with van der Waals surface area (Å²) in [5, 5.41) is 9.32. The van der Waals surface area contributed by atoms with Gasteiger partial charge >= 0.3 is 6.03 Å². The molecule has 0 aliphatic carbocycles. The van der Waals surface area contributed by atoms with Gasteiger partial charge in [0.1, 0.15) is 0 Å². The van der Waals surface area contributed by atoms with Gasteiger partial charge in [-0.1, -0.05) is 19.8 Å². The number of rotatable bonds is 11. The van der Waals surface area contributed by atoms with Gasteiger partial charge in [-0.3, -0.25) is 9.59 Å². The summed E-state index contributed by atoms with van der Waals surface area (Å²) >= 11 is 1.91. The molecule has 2 fully saturated rings. The normalized spacial score (nSPS) is 25.8. The van der Waals surface area contributed by atoms with Crippen LogP contribution in [0.25, 0.3) is 0 Å². The molecule has 2 aliphatic heterocycles. The number of nitrogens with one attached hydrogen (secondary N) is 3. The van der Waals surface area contributed by atoms with Gasteiger partial charge in [-0.15, -0.1) is 0 Å². The molecule has 4 amide bonds. The van der Waals surface area contributed by atoms with E-state index in [-0.39, 0.29) is 35.8 Å². The fourth-order valence-corrected chi connectivity index (χ4v) is 4.85. The van der Waals surface area contributed by atoms with Gasteiger partial charge in [0.15, 0.2) is 0 Å². The number of urea groups is 1. The number of hydrogen-bond acceptors (Lipinski definition) is 4. The fraction of sp³-hybridized carbons (Fsp3) is 0.824. The van der Waals surface area contributed by atoms with E-state index in [2.05, 4.69) is 16.0 Å². The van der Waals surface area contributed by atoms with Gasteiger partial charge in [0, 0.05) is 29.9 Å². The van der Waals surface area contributed by atoms with Crippen LogP contribution in [0.4, 0.5) is 4.79 Å². The Bertz CT molecular complexity index is 489. The zero-order valence-electron chi connectivity index (χ0n) is 14.9. The minimum atomic E-state index is -0.260. The second-order valence-corrected chi connectivity index (χ2v) is 8.29. The standard InChI is InChI=1S/C17H30N4O3S/c1-11(16(18)23)6-4-5-9-19-14(22)8-3-2-7-13-15-12(10-25-13)20-17(24)21-15/h11-13,15H,2-10H2,1H3,(H2,18,23)(H,19,22)(H2,20,21,24)/t11-,12+,13?,15+/m0/s1. The van der Waals surface area contributed by atoms with Crippen molar-refractivity contribution in [3.05, 3.63) is 0 Å². The molecule has 2 rings (SSSR count). The number of carbonyl (C=O) groups excluding carboxylic acids is 3. The number of carbonyl (C=O) groups is 3. The summed E-state index contributed by atoms with van der Waals surface area (Å²) in [6.07, 6.45) is 6.00. The van der Waals surface area contributed by atoms with Crippen LogP contribution in [-0.4, -0.2) is 47.5 Å². The molecule has 4 atom stereocenters. The topological polar surface area (TPSA) is 113 Å². The summed E-state index contributed by atoms with van der Waals surface area (Å²) in [4.78, 5) is 34.1. The molecule has 0 saturated carbocycles. The average molecular weight is 371 g/mol. The van der Waals surface area contributed by atoms with E-state index in [9.17, 15) is 14.4 Å². The van der Waals surface area contributed by atoms with Crippen LogP contribution < -0.4 is 21.7 Å². The Morgan fingerprint density at radius 1 is 1.28 bits per heavy atom. The first-order chi connectivity index (χ1) is 12.0. The fourth-order valence-electron chi connectivity index (χ4n) is 3.31. The van der Waals surface area contributed by atoms with Crippen LogP contribution in [0.15, 0.2) is 0 Å². The maximum absolute atomic E-state index is 11.8. The lowest BCUT2D eigenvalue weighted by Gasteiger charge is -2.16. The molecule has 0 spiro atoms. The first kappa shape index (κ1) is 19.9. The molecule has 7 nitrogen and oxygen atoms in total. The summed E-state index contributed by atoms with van der Waals surface area (Å²) in [6.45, 7) is 2.49. The van der Waals surface area contributed by atoms with Gasteiger partial charge in [0.2, 0.25) is 11.8 Å². The summed E-state index contributed by atoms with van der Waals surface area (Å²) in [5.41, 5.74) is 5.21. The van der Waals surface area contributed by atoms with Crippen molar-refractivity contribution in [1.29, 1.82) is 0 Å². The van der Waals surface area contributed by atoms with Crippen LogP contribution in [0.2, 0.25) is 0 Å². The maximum Gasteiger partial charge on any atom is 0.315 e. The van der Waals surface area contributed by atoms with Gasteiger partial charge < -0.3 is 21.7 Å². The second kappa shape index (κ2) is 9.89. The Morgan fingerprint density at radius 3 is 2.84 bits per heavy atom. The minimum absolute atomic E-state index is 0.0510. The van der Waals surface area contributed by atoms with Gasteiger partial charge in [0.25, 0.3) is 0 Å². The lowest BCUT2D eigenvalue weighted by atomic mass is 10.0. The van der Waals surface area contributed by atoms with Gasteiger partial charge in [-0.2, -0.15) is 11.8 Å². The average Bonchev–Trinajstić information content (AvgIpc) is 3.10. The molecule has 2 saturated heterocycles. The van der Waals surface area contributed by atoms with E-state index in [0.717, 1.165) is 44.3 Å². The lowest BCUT2D eigenvalue weighted by molar-refractivity contribution is -0.122. The third kappa shape index (κ3) is 6.41. The molecular weight excluding hydrogens is 340 g/mol. The van der Waals surface area contributed by atoms with Crippen LogP contribution in [0.3, 0.4) is 0 Å². The lowest BCUT2D eigenvalue weighted by Crippen LogP contribution is -2.36. The van der Waals surface area contributed by atoms with E-state index < -0.39 is 0 Å². The van der Waals surface area contributed by atoms with Gasteiger partial charge in [-0.25, -0.2) is 4.79 Å². The summed E-state index contributed by atoms with van der Waals surface area (Å²) < 4.78 is 0. The Labute approximate surface area is 153 Å². The van der Waals surface area contributed by atoms with Crippen LogP contribution in [0.5, 0.6) is 0 Å². The monoisotopic (exact) mass is 370 g/mol. The molecule has 0 aromatic rings. The predicted molar refractivity (Wildman–Crippen MR) is 99.2 cm³/mol. The van der Waals surface area contributed by atoms with E-state index >= 15 is 0 Å². The van der Waals surface area contributed by atoms with Crippen molar-refractivity contribution in [2.75, 3.05) is 12.3 Å². The van der Waals surface area contributed by atoms with Crippen LogP contribution in [0.1, 0.15) is 51.9 Å². The van der Waals surface area contributed by atoms with E-state index in [1.807, 2.05) is 18.7 Å². The zero-order valence-corrected chi connectivity index (χ0v) is 15.7. The molecule has 2 heterocycles. The highest BCUT2D eigenvalue weighted by atomic mass is 32.2. The molecule has 0 aromatic heterocycles. The van der Waals surface area contributed by atoms with Gasteiger partial charge in [-0.05, 0) is 25.7 Å². The number of fused-ring (bicyclic) bond motifs is 1. The molecule has 1 unspecified atom stereocenters. The molecule has 142 valence electrons. The summed E-state index contributed by atoms with van der Waals surface area (Å²) in [6, 6.07) is 0.460. The molecule has 0 radical (unpaired) electrons. The Hall–Kier alpha value is -1.44. The van der Waals surface area contributed by atoms with E-state index in [1.54, 1.807) is 0 Å². The van der Waals surface area contributed by atoms with Crippen molar-refractivity contribution in [3.8, 4) is 0 Å². The Balaban J connectivity index is 1.46. The van der Waals surface area contributed by atoms with Gasteiger partial charge in [0.05, 0.1) is 12.1 Å². The van der Waals surface area contributed by atoms with Crippen LogP contribution in [0, 0.1) is 5.92 Å². The minimum Gasteiger partial charge on any atom is -0.369 e. The second-order valence-electron chi connectivity index (χ2n) is 7.02. The predicted octanol–water partition coefficient (Wildman–Crippen LogP) is 1.12. The first-order valence-electron chi connectivity index (χ1n) is 9.22. The molecule has 0 aromatic carbocycles. The number of primary amides is 1. The van der Waals surface area contributed by atoms with Crippen molar-refractivity contribution in [3.63, 3.8) is 0 Å². The molecule has 0 bridgehead atoms. The zero-order chi connectivity index (χ0) is 18.2. The first-order valence-corrected chi connectivity index (χ1v) is 10.3. The number of unbranched alkanes of at least 4 members (excludes halogenated alkanes) is 2. The van der Waals surface area contributed by atoms with Crippen molar-refractivity contribution in [1.82, 2.24) is 16.0 Å². The number of hydrogen-bond donors (Lipinski definition) is 4. The van der Waals surface area contributed by atoms with Crippen molar-refractivity contribution in [2.45, 2.75) is 69.2 Å². The Morgan fingerprint density at radius 2 is 2.08 bits per heavy atom. The van der Waals surface area contributed by atoms with Crippen LogP contribution in [-0.2, 0) is 9.59 Å². The molecular formula is C17H30N4O3S. The van der Waals surface area contributed by atoms with E-state index in [1.165, 1.54) is 0 Å². The molecule has 2 aliphatic rings. The summed E-state index contributed by atoms with van der Waals surface area (Å²) in [7, 11) is 0. The number of thioether (sulfide) groups is 1. The third-order valence-electron chi connectivity index (χ3n) is 4.95. The molecule has 5 N–H and O–H groups in total. The van der Waals surface area contributed by atoms with Crippen molar-refractivity contribution < 1.29 is 14.4 Å². The van der Waals surface area contributed by atoms with Crippen LogP contribution >= 0.6 is 11.8 Å².